The standard InChI is InChI=1S/C19H23BrN2O3/c1-4-22(12-14-11-15(20)9-10-17(14)24-2)13-19(23)21-16-7-5-6-8-18(16)25-3/h5-11H,4,12-13H2,1-3H3,(H,21,23). The van der Waals surface area contributed by atoms with Gasteiger partial charge in [-0.1, -0.05) is 35.0 Å². The molecule has 0 aliphatic rings. The second-order valence-electron chi connectivity index (χ2n) is 5.51. The average Bonchev–Trinajstić information content (AvgIpc) is 2.61. The Morgan fingerprint density at radius 3 is 2.52 bits per heavy atom. The Morgan fingerprint density at radius 2 is 1.84 bits per heavy atom. The number of anilines is 1. The van der Waals surface area contributed by atoms with E-state index in [0.29, 0.717) is 18.0 Å². The molecule has 2 aromatic carbocycles. The van der Waals surface area contributed by atoms with Crippen molar-refractivity contribution >= 4 is 27.5 Å². The maximum absolute atomic E-state index is 12.4. The number of halogens is 1. The van der Waals surface area contributed by atoms with Gasteiger partial charge in [-0.15, -0.1) is 0 Å². The van der Waals surface area contributed by atoms with E-state index in [4.69, 9.17) is 9.47 Å². The third-order valence-electron chi connectivity index (χ3n) is 3.83. The molecule has 0 heterocycles. The molecule has 0 atom stereocenters. The van der Waals surface area contributed by atoms with Gasteiger partial charge in [-0.2, -0.15) is 0 Å². The smallest absolute Gasteiger partial charge is 0.238 e. The van der Waals surface area contributed by atoms with Gasteiger partial charge in [0.05, 0.1) is 26.5 Å². The van der Waals surface area contributed by atoms with E-state index in [1.54, 1.807) is 14.2 Å². The Hall–Kier alpha value is -2.05. The normalized spacial score (nSPS) is 10.6. The number of hydrogen-bond donors (Lipinski definition) is 1. The molecule has 0 spiro atoms. The lowest BCUT2D eigenvalue weighted by atomic mass is 10.2. The maximum atomic E-state index is 12.4. The number of hydrogen-bond acceptors (Lipinski definition) is 4. The molecule has 0 bridgehead atoms. The van der Waals surface area contributed by atoms with Crippen LogP contribution in [0, 0.1) is 0 Å². The monoisotopic (exact) mass is 406 g/mol. The van der Waals surface area contributed by atoms with Crippen molar-refractivity contribution in [3.63, 3.8) is 0 Å². The minimum atomic E-state index is -0.0830. The number of methoxy groups -OCH3 is 2. The van der Waals surface area contributed by atoms with Crippen LogP contribution in [-0.2, 0) is 11.3 Å². The molecule has 1 amide bonds. The number of rotatable bonds is 8. The number of benzene rings is 2. The van der Waals surface area contributed by atoms with Gasteiger partial charge < -0.3 is 14.8 Å². The van der Waals surface area contributed by atoms with Crippen molar-refractivity contribution in [2.75, 3.05) is 32.6 Å². The van der Waals surface area contributed by atoms with Crippen molar-refractivity contribution in [2.24, 2.45) is 0 Å². The molecule has 0 saturated carbocycles. The first-order chi connectivity index (χ1) is 12.1. The van der Waals surface area contributed by atoms with E-state index in [-0.39, 0.29) is 12.5 Å². The molecule has 25 heavy (non-hydrogen) atoms. The minimum absolute atomic E-state index is 0.0830. The molecule has 0 aromatic heterocycles. The van der Waals surface area contributed by atoms with Crippen molar-refractivity contribution in [3.8, 4) is 11.5 Å². The molecule has 134 valence electrons. The van der Waals surface area contributed by atoms with Crippen LogP contribution < -0.4 is 14.8 Å². The van der Waals surface area contributed by atoms with Crippen LogP contribution in [0.4, 0.5) is 5.69 Å². The predicted molar refractivity (Wildman–Crippen MR) is 103 cm³/mol. The number of nitrogens with one attached hydrogen (secondary N) is 1. The summed E-state index contributed by atoms with van der Waals surface area (Å²) >= 11 is 3.48. The molecule has 0 fully saturated rings. The van der Waals surface area contributed by atoms with Crippen LogP contribution >= 0.6 is 15.9 Å². The van der Waals surface area contributed by atoms with Crippen LogP contribution in [-0.4, -0.2) is 38.1 Å². The minimum Gasteiger partial charge on any atom is -0.496 e. The highest BCUT2D eigenvalue weighted by molar-refractivity contribution is 9.10. The molecule has 2 aromatic rings. The highest BCUT2D eigenvalue weighted by Crippen LogP contribution is 2.25. The summed E-state index contributed by atoms with van der Waals surface area (Å²) in [5.74, 6) is 1.37. The number of ether oxygens (including phenoxy) is 2. The van der Waals surface area contributed by atoms with Gasteiger partial charge >= 0.3 is 0 Å². The van der Waals surface area contributed by atoms with E-state index in [1.165, 1.54) is 0 Å². The van der Waals surface area contributed by atoms with Crippen molar-refractivity contribution in [1.82, 2.24) is 4.90 Å². The molecule has 6 heteroatoms. The van der Waals surface area contributed by atoms with Gasteiger partial charge in [-0.3, -0.25) is 9.69 Å². The highest BCUT2D eigenvalue weighted by Gasteiger charge is 2.14. The van der Waals surface area contributed by atoms with Crippen LogP contribution in [0.2, 0.25) is 0 Å². The van der Waals surface area contributed by atoms with Gasteiger partial charge in [0.2, 0.25) is 5.91 Å². The molecule has 0 saturated heterocycles. The summed E-state index contributed by atoms with van der Waals surface area (Å²) in [6.45, 7) is 3.68. The summed E-state index contributed by atoms with van der Waals surface area (Å²) in [6.07, 6.45) is 0. The molecule has 5 nitrogen and oxygen atoms in total. The topological polar surface area (TPSA) is 50.8 Å². The highest BCUT2D eigenvalue weighted by atomic mass is 79.9. The van der Waals surface area contributed by atoms with Crippen LogP contribution in [0.5, 0.6) is 11.5 Å². The fraction of sp³-hybridized carbons (Fsp3) is 0.316. The lowest BCUT2D eigenvalue weighted by molar-refractivity contribution is -0.117. The van der Waals surface area contributed by atoms with E-state index >= 15 is 0 Å². The SMILES string of the molecule is CCN(CC(=O)Nc1ccccc1OC)Cc1cc(Br)ccc1OC. The second-order valence-corrected chi connectivity index (χ2v) is 6.42. The first-order valence-electron chi connectivity index (χ1n) is 8.05. The summed E-state index contributed by atoms with van der Waals surface area (Å²) in [4.78, 5) is 14.5. The van der Waals surface area contributed by atoms with Gasteiger partial charge in [-0.25, -0.2) is 0 Å². The summed E-state index contributed by atoms with van der Waals surface area (Å²) in [7, 11) is 3.24. The van der Waals surface area contributed by atoms with Crippen LogP contribution in [0.15, 0.2) is 46.9 Å². The van der Waals surface area contributed by atoms with Crippen molar-refractivity contribution < 1.29 is 14.3 Å². The quantitative estimate of drug-likeness (QED) is 0.721. The zero-order valence-electron chi connectivity index (χ0n) is 14.7. The maximum Gasteiger partial charge on any atom is 0.238 e. The first-order valence-corrected chi connectivity index (χ1v) is 8.84. The third kappa shape index (κ3) is 5.47. The number of carbonyl (C=O) groups is 1. The van der Waals surface area contributed by atoms with E-state index in [1.807, 2.05) is 49.4 Å². The molecular weight excluding hydrogens is 384 g/mol. The van der Waals surface area contributed by atoms with Gasteiger partial charge in [-0.05, 0) is 36.9 Å². The Balaban J connectivity index is 2.04. The summed E-state index contributed by atoms with van der Waals surface area (Å²) in [5.41, 5.74) is 1.70. The van der Waals surface area contributed by atoms with Gasteiger partial charge in [0, 0.05) is 16.6 Å². The first kappa shape index (κ1) is 19.3. The third-order valence-corrected chi connectivity index (χ3v) is 4.33. The molecule has 0 aliphatic carbocycles. The number of carbonyl (C=O) groups excluding carboxylic acids is 1. The van der Waals surface area contributed by atoms with E-state index in [9.17, 15) is 4.79 Å². The lowest BCUT2D eigenvalue weighted by Gasteiger charge is -2.21. The van der Waals surface area contributed by atoms with Gasteiger partial charge in [0.15, 0.2) is 0 Å². The zero-order valence-corrected chi connectivity index (χ0v) is 16.3. The molecule has 0 aliphatic heterocycles. The largest absolute Gasteiger partial charge is 0.496 e. The lowest BCUT2D eigenvalue weighted by Crippen LogP contribution is -2.33. The summed E-state index contributed by atoms with van der Waals surface area (Å²) in [5, 5.41) is 2.91. The Kier molecular flexibility index (Phi) is 7.28. The molecular formula is C19H23BrN2O3. The Bertz CT molecular complexity index is 722. The number of para-hydroxylation sites is 2. The molecule has 1 N–H and O–H groups in total. The van der Waals surface area contributed by atoms with E-state index in [2.05, 4.69) is 26.1 Å². The fourth-order valence-corrected chi connectivity index (χ4v) is 2.94. The summed E-state index contributed by atoms with van der Waals surface area (Å²) in [6, 6.07) is 13.2. The van der Waals surface area contributed by atoms with Crippen LogP contribution in [0.1, 0.15) is 12.5 Å². The number of nitrogens with zero attached hydrogens (tertiary/aromatic N) is 1. The van der Waals surface area contributed by atoms with Gasteiger partial charge in [0.25, 0.3) is 0 Å². The Labute approximate surface area is 157 Å². The molecule has 2 rings (SSSR count). The van der Waals surface area contributed by atoms with Crippen molar-refractivity contribution in [2.45, 2.75) is 13.5 Å². The van der Waals surface area contributed by atoms with E-state index < -0.39 is 0 Å². The fourth-order valence-electron chi connectivity index (χ4n) is 2.53. The number of likely N-dealkylation sites (N-methyl/N-ethyl adjacent to an activating group) is 1. The molecule has 0 radical (unpaired) electrons. The van der Waals surface area contributed by atoms with E-state index in [0.717, 1.165) is 22.3 Å². The predicted octanol–water partition coefficient (Wildman–Crippen LogP) is 3.93. The summed E-state index contributed by atoms with van der Waals surface area (Å²) < 4.78 is 11.7. The molecule has 0 unspecified atom stereocenters. The zero-order chi connectivity index (χ0) is 18.2. The average molecular weight is 407 g/mol. The van der Waals surface area contributed by atoms with Crippen LogP contribution in [0.3, 0.4) is 0 Å². The van der Waals surface area contributed by atoms with Crippen molar-refractivity contribution in [3.05, 3.63) is 52.5 Å². The second kappa shape index (κ2) is 9.44. The van der Waals surface area contributed by atoms with Crippen molar-refractivity contribution in [1.29, 1.82) is 0 Å². The van der Waals surface area contributed by atoms with Crippen LogP contribution in [0.25, 0.3) is 0 Å². The Morgan fingerprint density at radius 1 is 1.12 bits per heavy atom. The number of amides is 1. The van der Waals surface area contributed by atoms with Gasteiger partial charge in [0.1, 0.15) is 11.5 Å².